The molecule has 0 radical (unpaired) electrons. The number of dihydropyridines is 1. The highest BCUT2D eigenvalue weighted by molar-refractivity contribution is 8.03. The number of ether oxygens (including phenoxy) is 1. The normalized spacial score (nSPS) is 15.1. The van der Waals surface area contributed by atoms with Gasteiger partial charge < -0.3 is 20.7 Å². The third-order valence-electron chi connectivity index (χ3n) is 6.20. The molecule has 0 saturated carbocycles. The number of para-hydroxylation sites is 2. The first kappa shape index (κ1) is 29.3. The van der Waals surface area contributed by atoms with Gasteiger partial charge in [0.2, 0.25) is 5.91 Å². The maximum atomic E-state index is 13.6. The third kappa shape index (κ3) is 6.91. The maximum absolute atomic E-state index is 13.6. The highest BCUT2D eigenvalue weighted by atomic mass is 32.2. The van der Waals surface area contributed by atoms with Crippen molar-refractivity contribution < 1.29 is 27.5 Å². The molecule has 3 aromatic carbocycles. The average Bonchev–Trinajstić information content (AvgIpc) is 2.96. The van der Waals surface area contributed by atoms with Gasteiger partial charge in [0, 0.05) is 17.0 Å². The van der Waals surface area contributed by atoms with Crippen LogP contribution in [0.1, 0.15) is 24.0 Å². The quantitative estimate of drug-likeness (QED) is 0.285. The topological polar surface area (TPSA) is 103 Å². The fraction of sp³-hybridized carbons (Fsp3) is 0.167. The summed E-state index contributed by atoms with van der Waals surface area (Å²) in [6.07, 6.45) is -4.54. The number of hydrogen-bond acceptors (Lipinski definition) is 6. The molecule has 4 rings (SSSR count). The van der Waals surface area contributed by atoms with Crippen molar-refractivity contribution in [3.05, 3.63) is 112 Å². The van der Waals surface area contributed by atoms with Crippen LogP contribution in [0, 0.1) is 11.3 Å². The van der Waals surface area contributed by atoms with Crippen LogP contribution in [0.15, 0.2) is 101 Å². The van der Waals surface area contributed by atoms with Gasteiger partial charge >= 0.3 is 6.18 Å². The van der Waals surface area contributed by atoms with Crippen molar-refractivity contribution in [3.63, 3.8) is 0 Å². The highest BCUT2D eigenvalue weighted by Crippen LogP contribution is 2.41. The Morgan fingerprint density at radius 1 is 1.02 bits per heavy atom. The van der Waals surface area contributed by atoms with Gasteiger partial charge in [-0.05, 0) is 42.8 Å². The van der Waals surface area contributed by atoms with E-state index in [9.17, 15) is 28.0 Å². The molecule has 3 aromatic rings. The van der Waals surface area contributed by atoms with Crippen molar-refractivity contribution in [2.24, 2.45) is 0 Å². The molecule has 11 heteroatoms. The molecule has 1 unspecified atom stereocenters. The molecule has 0 spiro atoms. The number of nitriles is 1. The second kappa shape index (κ2) is 12.7. The van der Waals surface area contributed by atoms with Crippen LogP contribution in [0.5, 0.6) is 5.75 Å². The summed E-state index contributed by atoms with van der Waals surface area (Å²) in [6.45, 7) is 1.70. The number of amides is 2. The third-order valence-corrected chi connectivity index (χ3v) is 7.22. The van der Waals surface area contributed by atoms with E-state index < -0.39 is 29.5 Å². The van der Waals surface area contributed by atoms with E-state index in [0.717, 1.165) is 23.9 Å². The predicted molar refractivity (Wildman–Crippen MR) is 152 cm³/mol. The zero-order chi connectivity index (χ0) is 29.6. The Balaban J connectivity index is 1.59. The van der Waals surface area contributed by atoms with Crippen LogP contribution in [0.4, 0.5) is 24.5 Å². The minimum atomic E-state index is -4.54. The lowest BCUT2D eigenvalue weighted by Crippen LogP contribution is -2.31. The maximum Gasteiger partial charge on any atom is 0.416 e. The number of thioether (sulfide) groups is 1. The van der Waals surface area contributed by atoms with Crippen molar-refractivity contribution in [1.82, 2.24) is 5.32 Å². The Labute approximate surface area is 239 Å². The fourth-order valence-electron chi connectivity index (χ4n) is 4.35. The minimum absolute atomic E-state index is 0.00468. The second-order valence-corrected chi connectivity index (χ2v) is 9.92. The largest absolute Gasteiger partial charge is 0.495 e. The summed E-state index contributed by atoms with van der Waals surface area (Å²) in [7, 11) is 1.49. The van der Waals surface area contributed by atoms with E-state index in [1.54, 1.807) is 55.5 Å². The van der Waals surface area contributed by atoms with Crippen LogP contribution in [0.2, 0.25) is 0 Å². The predicted octanol–water partition coefficient (Wildman–Crippen LogP) is 6.42. The lowest BCUT2D eigenvalue weighted by molar-refractivity contribution is -0.137. The van der Waals surface area contributed by atoms with E-state index in [1.807, 2.05) is 6.07 Å². The Hall–Kier alpha value is -4.69. The summed E-state index contributed by atoms with van der Waals surface area (Å²) < 4.78 is 44.5. The van der Waals surface area contributed by atoms with E-state index in [0.29, 0.717) is 33.3 Å². The first-order valence-electron chi connectivity index (χ1n) is 12.3. The number of alkyl halides is 3. The van der Waals surface area contributed by atoms with E-state index in [-0.39, 0.29) is 17.0 Å². The van der Waals surface area contributed by atoms with Gasteiger partial charge in [0.05, 0.1) is 46.7 Å². The van der Waals surface area contributed by atoms with Gasteiger partial charge in [-0.3, -0.25) is 9.59 Å². The first-order chi connectivity index (χ1) is 19.6. The summed E-state index contributed by atoms with van der Waals surface area (Å²) in [4.78, 5) is 26.3. The molecule has 7 nitrogen and oxygen atoms in total. The van der Waals surface area contributed by atoms with Crippen LogP contribution in [0.25, 0.3) is 0 Å². The highest BCUT2D eigenvalue weighted by Gasteiger charge is 2.35. The number of benzene rings is 3. The summed E-state index contributed by atoms with van der Waals surface area (Å²) in [5.41, 5.74) is 1.30. The monoisotopic (exact) mass is 578 g/mol. The van der Waals surface area contributed by atoms with Gasteiger partial charge in [-0.25, -0.2) is 0 Å². The van der Waals surface area contributed by atoms with Gasteiger partial charge in [0.1, 0.15) is 5.75 Å². The lowest BCUT2D eigenvalue weighted by atomic mass is 9.82. The van der Waals surface area contributed by atoms with Gasteiger partial charge in [-0.15, -0.1) is 0 Å². The number of carbonyl (C=O) groups is 2. The summed E-state index contributed by atoms with van der Waals surface area (Å²) in [5.74, 6) is -1.46. The molecule has 0 bridgehead atoms. The number of rotatable bonds is 8. The SMILES string of the molecule is COc1ccccc1NC(=O)C1=C(C)NC(SCC(=O)Nc2cccc(C(F)(F)F)c2)=C(C#N)C1c1ccccc1. The van der Waals surface area contributed by atoms with Gasteiger partial charge in [-0.1, -0.05) is 60.3 Å². The number of hydrogen-bond donors (Lipinski definition) is 3. The molecule has 0 fully saturated rings. The van der Waals surface area contributed by atoms with Crippen molar-refractivity contribution >= 4 is 35.0 Å². The zero-order valence-corrected chi connectivity index (χ0v) is 22.8. The molecule has 1 aliphatic rings. The Morgan fingerprint density at radius 3 is 2.41 bits per heavy atom. The van der Waals surface area contributed by atoms with E-state index >= 15 is 0 Å². The summed E-state index contributed by atoms with van der Waals surface area (Å²) in [6, 6.07) is 22.5. The van der Waals surface area contributed by atoms with Crippen LogP contribution in [-0.2, 0) is 15.8 Å². The van der Waals surface area contributed by atoms with E-state index in [1.165, 1.54) is 19.2 Å². The Kier molecular flexibility index (Phi) is 9.04. The molecule has 2 amide bonds. The average molecular weight is 579 g/mol. The van der Waals surface area contributed by atoms with Gasteiger partial charge in [-0.2, -0.15) is 18.4 Å². The molecule has 41 heavy (non-hydrogen) atoms. The summed E-state index contributed by atoms with van der Waals surface area (Å²) in [5, 5.41) is 19.0. The number of carbonyl (C=O) groups excluding carboxylic acids is 2. The van der Waals surface area contributed by atoms with Crippen molar-refractivity contribution in [3.8, 4) is 11.8 Å². The number of nitrogens with zero attached hydrogens (tertiary/aromatic N) is 1. The van der Waals surface area contributed by atoms with Gasteiger partial charge in [0.25, 0.3) is 5.91 Å². The molecule has 0 saturated heterocycles. The lowest BCUT2D eigenvalue weighted by Gasteiger charge is -2.30. The molecular formula is C30H25F3N4O3S. The van der Waals surface area contributed by atoms with Crippen molar-refractivity contribution in [2.75, 3.05) is 23.5 Å². The molecule has 1 heterocycles. The smallest absolute Gasteiger partial charge is 0.416 e. The number of halogens is 3. The Bertz CT molecular complexity index is 1560. The molecule has 3 N–H and O–H groups in total. The van der Waals surface area contributed by atoms with Crippen LogP contribution in [-0.4, -0.2) is 24.7 Å². The molecule has 210 valence electrons. The molecule has 0 aromatic heterocycles. The summed E-state index contributed by atoms with van der Waals surface area (Å²) >= 11 is 1.02. The number of allylic oxidation sites excluding steroid dienone is 2. The molecule has 0 aliphatic carbocycles. The fourth-order valence-corrected chi connectivity index (χ4v) is 5.24. The minimum Gasteiger partial charge on any atom is -0.495 e. The molecular weight excluding hydrogens is 553 g/mol. The first-order valence-corrected chi connectivity index (χ1v) is 13.3. The van der Waals surface area contributed by atoms with Crippen LogP contribution >= 0.6 is 11.8 Å². The number of methoxy groups -OCH3 is 1. The van der Waals surface area contributed by atoms with E-state index in [4.69, 9.17) is 4.74 Å². The van der Waals surface area contributed by atoms with Crippen LogP contribution < -0.4 is 20.7 Å². The van der Waals surface area contributed by atoms with E-state index in [2.05, 4.69) is 22.0 Å². The zero-order valence-electron chi connectivity index (χ0n) is 22.0. The van der Waals surface area contributed by atoms with Crippen molar-refractivity contribution in [1.29, 1.82) is 5.26 Å². The molecule has 1 atom stereocenters. The standard InChI is InChI=1S/C30H25F3N4O3S/c1-18-26(28(39)37-23-13-6-7-14-24(23)40-2)27(19-9-4-3-5-10-19)22(16-34)29(35-18)41-17-25(38)36-21-12-8-11-20(15-21)30(31,32)33/h3-15,27,35H,17H2,1-2H3,(H,36,38)(H,37,39). The number of nitrogens with one attached hydrogen (secondary N) is 3. The van der Waals surface area contributed by atoms with Crippen LogP contribution in [0.3, 0.4) is 0 Å². The Morgan fingerprint density at radius 2 is 1.73 bits per heavy atom. The number of anilines is 2. The second-order valence-electron chi connectivity index (χ2n) is 8.93. The van der Waals surface area contributed by atoms with Gasteiger partial charge in [0.15, 0.2) is 0 Å². The van der Waals surface area contributed by atoms with Crippen molar-refractivity contribution in [2.45, 2.75) is 19.0 Å². The molecule has 1 aliphatic heterocycles.